The molecule has 0 spiro atoms. The number of aromatic amines is 1. The van der Waals surface area contributed by atoms with Crippen molar-refractivity contribution in [3.63, 3.8) is 0 Å². The molecule has 1 aromatic carbocycles. The van der Waals surface area contributed by atoms with E-state index in [1.165, 1.54) is 18.5 Å². The fraction of sp³-hybridized carbons (Fsp3) is 0.111. The third-order valence-corrected chi connectivity index (χ3v) is 3.95. The zero-order valence-corrected chi connectivity index (χ0v) is 11.3. The van der Waals surface area contributed by atoms with Gasteiger partial charge in [-0.15, -0.1) is 0 Å². The predicted octanol–water partition coefficient (Wildman–Crippen LogP) is -0.523. The molecule has 0 bridgehead atoms. The van der Waals surface area contributed by atoms with Crippen molar-refractivity contribution in [3.05, 3.63) is 40.5 Å². The molecule has 0 atom stereocenters. The van der Waals surface area contributed by atoms with Crippen LogP contribution in [0.2, 0.25) is 0 Å². The Morgan fingerprint density at radius 1 is 1.43 bits per heavy atom. The van der Waals surface area contributed by atoms with Crippen LogP contribution >= 0.6 is 0 Å². The molecule has 0 unspecified atom stereocenters. The van der Waals surface area contributed by atoms with Gasteiger partial charge in [-0.1, -0.05) is 6.07 Å². The molecule has 5 N–H and O–H groups in total. The van der Waals surface area contributed by atoms with Gasteiger partial charge in [0.15, 0.2) is 4.90 Å². The van der Waals surface area contributed by atoms with Crippen molar-refractivity contribution < 1.29 is 13.3 Å². The lowest BCUT2D eigenvalue weighted by Crippen LogP contribution is -2.25. The van der Waals surface area contributed by atoms with Gasteiger partial charge in [0.25, 0.3) is 0 Å². The molecule has 0 aliphatic heterocycles. The maximum atomic E-state index is 12.2. The highest BCUT2D eigenvalue weighted by molar-refractivity contribution is 7.89. The highest BCUT2D eigenvalue weighted by Gasteiger charge is 2.28. The van der Waals surface area contributed by atoms with Gasteiger partial charge in [0.2, 0.25) is 10.0 Å². The molecule has 0 fully saturated rings. The minimum atomic E-state index is -4.12. The second-order valence-electron chi connectivity index (χ2n) is 3.81. The second kappa shape index (κ2) is 5.82. The number of nitrogens with two attached hydrogens (primary N) is 1. The smallest absolute Gasteiger partial charge is 0.313 e. The average Bonchev–Trinajstić information content (AvgIpc) is 2.97. The third-order valence-electron chi connectivity index (χ3n) is 2.52. The van der Waals surface area contributed by atoms with Crippen LogP contribution in [-0.4, -0.2) is 28.5 Å². The lowest BCUT2D eigenvalue weighted by atomic mass is 10.3. The van der Waals surface area contributed by atoms with Crippen molar-refractivity contribution in [3.8, 4) is 0 Å². The van der Waals surface area contributed by atoms with Crippen molar-refractivity contribution in [2.45, 2.75) is 11.4 Å². The van der Waals surface area contributed by atoms with E-state index >= 15 is 0 Å². The van der Waals surface area contributed by atoms with Crippen LogP contribution in [0.1, 0.15) is 5.82 Å². The quantitative estimate of drug-likeness (QED) is 0.313. The normalized spacial score (nSPS) is 11.3. The van der Waals surface area contributed by atoms with E-state index in [2.05, 4.69) is 25.3 Å². The van der Waals surface area contributed by atoms with Crippen LogP contribution in [-0.2, 0) is 16.6 Å². The van der Waals surface area contributed by atoms with E-state index in [1.807, 2.05) is 0 Å². The number of hydrazine groups is 1. The van der Waals surface area contributed by atoms with Crippen molar-refractivity contribution in [1.82, 2.24) is 19.9 Å². The molecule has 112 valence electrons. The molecule has 12 heteroatoms. The van der Waals surface area contributed by atoms with Gasteiger partial charge in [0.05, 0.1) is 11.5 Å². The van der Waals surface area contributed by atoms with E-state index in [0.717, 1.165) is 6.07 Å². The first kappa shape index (κ1) is 14.8. The second-order valence-corrected chi connectivity index (χ2v) is 5.55. The van der Waals surface area contributed by atoms with E-state index in [1.54, 1.807) is 0 Å². The number of aromatic nitrogens is 3. The Bertz CT molecular complexity index is 743. The van der Waals surface area contributed by atoms with Gasteiger partial charge in [0.1, 0.15) is 17.8 Å². The molecule has 2 rings (SSSR count). The van der Waals surface area contributed by atoms with Crippen molar-refractivity contribution >= 4 is 21.4 Å². The number of nitrogens with zero attached hydrogens (tertiary/aromatic N) is 3. The number of nitro benzene ring substituents is 1. The summed E-state index contributed by atoms with van der Waals surface area (Å²) in [5.74, 6) is 5.43. The summed E-state index contributed by atoms with van der Waals surface area (Å²) >= 11 is 0. The average molecular weight is 313 g/mol. The van der Waals surface area contributed by atoms with Crippen molar-refractivity contribution in [1.29, 1.82) is 0 Å². The SMILES string of the molecule is NNc1cccc(S(=O)(=O)NCc2ncn[nH]2)c1[N+](=O)[O-]. The number of rotatable bonds is 6. The summed E-state index contributed by atoms with van der Waals surface area (Å²) in [4.78, 5) is 13.5. The maximum absolute atomic E-state index is 12.2. The fourth-order valence-corrected chi connectivity index (χ4v) is 2.78. The number of anilines is 1. The van der Waals surface area contributed by atoms with E-state index < -0.39 is 25.5 Å². The van der Waals surface area contributed by atoms with Gasteiger partial charge >= 0.3 is 5.69 Å². The topological polar surface area (TPSA) is 169 Å². The van der Waals surface area contributed by atoms with Gasteiger partial charge in [0, 0.05) is 0 Å². The van der Waals surface area contributed by atoms with Crippen LogP contribution in [0.25, 0.3) is 0 Å². The molecule has 1 heterocycles. The van der Waals surface area contributed by atoms with E-state index in [0.29, 0.717) is 0 Å². The molecule has 0 amide bonds. The van der Waals surface area contributed by atoms with Crippen LogP contribution in [0.5, 0.6) is 0 Å². The zero-order valence-electron chi connectivity index (χ0n) is 10.5. The monoisotopic (exact) mass is 313 g/mol. The van der Waals surface area contributed by atoms with Crippen LogP contribution in [0, 0.1) is 10.1 Å². The van der Waals surface area contributed by atoms with Gasteiger partial charge in [-0.05, 0) is 12.1 Å². The molecule has 0 aliphatic rings. The minimum absolute atomic E-state index is 0.109. The Balaban J connectivity index is 2.37. The Kier molecular flexibility index (Phi) is 4.11. The lowest BCUT2D eigenvalue weighted by Gasteiger charge is -2.08. The Hall–Kier alpha value is -2.57. The highest BCUT2D eigenvalue weighted by atomic mass is 32.2. The first-order chi connectivity index (χ1) is 9.95. The molecule has 11 nitrogen and oxygen atoms in total. The number of para-hydroxylation sites is 1. The number of nitro groups is 1. The first-order valence-electron chi connectivity index (χ1n) is 5.53. The first-order valence-corrected chi connectivity index (χ1v) is 7.02. The molecule has 0 aliphatic carbocycles. The molecular weight excluding hydrogens is 302 g/mol. The largest absolute Gasteiger partial charge is 0.318 e. The fourth-order valence-electron chi connectivity index (χ4n) is 1.60. The van der Waals surface area contributed by atoms with Crippen molar-refractivity contribution in [2.75, 3.05) is 5.43 Å². The van der Waals surface area contributed by atoms with Gasteiger partial charge in [-0.2, -0.15) is 5.10 Å². The molecule has 21 heavy (non-hydrogen) atoms. The number of nitrogens with one attached hydrogen (secondary N) is 3. The number of sulfonamides is 1. The van der Waals surface area contributed by atoms with E-state index in [4.69, 9.17) is 5.84 Å². The summed E-state index contributed by atoms with van der Waals surface area (Å²) in [6.45, 7) is -0.181. The summed E-state index contributed by atoms with van der Waals surface area (Å²) in [6, 6.07) is 3.75. The molecule has 2 aromatic rings. The van der Waals surface area contributed by atoms with Gasteiger partial charge in [-0.3, -0.25) is 21.1 Å². The summed E-state index contributed by atoms with van der Waals surface area (Å²) in [6.07, 6.45) is 1.21. The standard InChI is InChI=1S/C9H11N7O4S/c10-14-6-2-1-3-7(9(6)16(17)18)21(19,20)13-4-8-11-5-12-15-8/h1-3,5,13-14H,4,10H2,(H,11,12,15). The summed E-state index contributed by atoms with van der Waals surface area (Å²) in [7, 11) is -4.12. The van der Waals surface area contributed by atoms with E-state index in [9.17, 15) is 18.5 Å². The minimum Gasteiger partial charge on any atom is -0.318 e. The van der Waals surface area contributed by atoms with Crippen molar-refractivity contribution in [2.24, 2.45) is 5.84 Å². The van der Waals surface area contributed by atoms with Gasteiger partial charge in [-0.25, -0.2) is 18.1 Å². The maximum Gasteiger partial charge on any atom is 0.313 e. The molecule has 0 saturated carbocycles. The van der Waals surface area contributed by atoms with Crippen LogP contribution in [0.15, 0.2) is 29.4 Å². The summed E-state index contributed by atoms with van der Waals surface area (Å²) in [5, 5.41) is 17.1. The number of hydrogen-bond acceptors (Lipinski definition) is 8. The lowest BCUT2D eigenvalue weighted by molar-refractivity contribution is -0.386. The molecule has 1 aromatic heterocycles. The zero-order chi connectivity index (χ0) is 15.5. The number of benzene rings is 1. The predicted molar refractivity (Wildman–Crippen MR) is 71.3 cm³/mol. The summed E-state index contributed by atoms with van der Waals surface area (Å²) < 4.78 is 26.5. The number of nitrogen functional groups attached to an aromatic ring is 1. The molecule has 0 radical (unpaired) electrons. The Morgan fingerprint density at radius 2 is 2.19 bits per heavy atom. The third kappa shape index (κ3) is 3.13. The summed E-state index contributed by atoms with van der Waals surface area (Å²) in [5.41, 5.74) is 1.35. The molecular formula is C9H11N7O4S. The number of H-pyrrole nitrogens is 1. The Morgan fingerprint density at radius 3 is 2.76 bits per heavy atom. The van der Waals surface area contributed by atoms with Crippen LogP contribution in [0.3, 0.4) is 0 Å². The Labute approximate surface area is 118 Å². The van der Waals surface area contributed by atoms with Crippen LogP contribution in [0.4, 0.5) is 11.4 Å². The van der Waals surface area contributed by atoms with Crippen LogP contribution < -0.4 is 16.0 Å². The van der Waals surface area contributed by atoms with E-state index in [-0.39, 0.29) is 18.1 Å². The molecule has 0 saturated heterocycles. The highest BCUT2D eigenvalue weighted by Crippen LogP contribution is 2.31. The number of hydrogen-bond donors (Lipinski definition) is 4. The van der Waals surface area contributed by atoms with Gasteiger partial charge < -0.3 is 5.43 Å².